The smallest absolute Gasteiger partial charge is 0.352 e. The Hall–Kier alpha value is -4.09. The van der Waals surface area contributed by atoms with Crippen LogP contribution < -0.4 is 21.4 Å². The Morgan fingerprint density at radius 2 is 2.22 bits per heavy atom. The number of nitrogens with one attached hydrogen (secondary N) is 1. The lowest BCUT2D eigenvalue weighted by Gasteiger charge is -2.49. The van der Waals surface area contributed by atoms with Gasteiger partial charge in [-0.3, -0.25) is 14.5 Å². The van der Waals surface area contributed by atoms with Crippen LogP contribution in [0.4, 0.5) is 5.13 Å². The zero-order chi connectivity index (χ0) is 29.3. The zero-order valence-electron chi connectivity index (χ0n) is 22.3. The van der Waals surface area contributed by atoms with Crippen molar-refractivity contribution < 1.29 is 28.9 Å². The minimum absolute atomic E-state index is 0.0297. The van der Waals surface area contributed by atoms with E-state index in [2.05, 4.69) is 24.8 Å². The monoisotopic (exact) mass is 601 g/mol. The fourth-order valence-corrected chi connectivity index (χ4v) is 6.36. The van der Waals surface area contributed by atoms with Crippen molar-refractivity contribution in [2.75, 3.05) is 18.1 Å². The number of oxime groups is 1. The number of hydrogen-bond acceptors (Lipinski definition) is 12. The molecule has 2 aliphatic rings. The lowest BCUT2D eigenvalue weighted by molar-refractivity contribution is -0.664. The van der Waals surface area contributed by atoms with Gasteiger partial charge in [0.25, 0.3) is 11.8 Å². The van der Waals surface area contributed by atoms with E-state index < -0.39 is 29.2 Å². The van der Waals surface area contributed by atoms with E-state index in [4.69, 9.17) is 16.3 Å². The van der Waals surface area contributed by atoms with Crippen LogP contribution in [0.1, 0.15) is 26.1 Å². The Morgan fingerprint density at radius 1 is 1.41 bits per heavy atom. The van der Waals surface area contributed by atoms with Crippen LogP contribution in [0, 0.1) is 0 Å². The van der Waals surface area contributed by atoms with Gasteiger partial charge in [0.1, 0.15) is 35.8 Å². The molecule has 5 rings (SSSR count). The maximum Gasteiger partial charge on any atom is 0.352 e. The molecule has 6 N–H and O–H groups in total. The van der Waals surface area contributed by atoms with Gasteiger partial charge in [-0.15, -0.1) is 11.8 Å². The number of imidazole rings is 1. The number of carbonyl (C=O) groups excluding carboxylic acids is 2. The third-order valence-corrected chi connectivity index (χ3v) is 8.41. The van der Waals surface area contributed by atoms with Gasteiger partial charge in [-0.25, -0.2) is 9.36 Å². The van der Waals surface area contributed by atoms with Gasteiger partial charge in [0.15, 0.2) is 5.13 Å². The number of nitrogens with two attached hydrogens (primary N) is 2. The normalized spacial score (nSPS) is 19.6. The molecule has 3 atom stereocenters. The van der Waals surface area contributed by atoms with Gasteiger partial charge < -0.3 is 31.3 Å². The number of amides is 2. The van der Waals surface area contributed by atoms with E-state index in [0.717, 1.165) is 23.5 Å². The molecule has 3 aromatic heterocycles. The van der Waals surface area contributed by atoms with E-state index in [1.54, 1.807) is 13.3 Å². The van der Waals surface area contributed by atoms with E-state index in [0.29, 0.717) is 23.5 Å². The summed E-state index contributed by atoms with van der Waals surface area (Å²) in [7, 11) is 0. The van der Waals surface area contributed by atoms with Crippen LogP contribution in [0.5, 0.6) is 0 Å². The maximum absolute atomic E-state index is 13.2. The second-order valence-electron chi connectivity index (χ2n) is 9.48. The molecule has 2 unspecified atom stereocenters. The Labute approximate surface area is 242 Å². The summed E-state index contributed by atoms with van der Waals surface area (Å²) in [4.78, 5) is 53.4. The summed E-state index contributed by atoms with van der Waals surface area (Å²) in [5, 5.41) is 16.1. The molecule has 3 aromatic rings. The number of rotatable bonds is 11. The number of aromatic nitrogens is 5. The van der Waals surface area contributed by atoms with Gasteiger partial charge in [-0.05, 0) is 37.4 Å². The molecule has 2 aliphatic heterocycles. The summed E-state index contributed by atoms with van der Waals surface area (Å²) in [5.74, 6) is -2.20. The molecule has 0 saturated carbocycles. The van der Waals surface area contributed by atoms with E-state index in [9.17, 15) is 19.5 Å². The molecular weight excluding hydrogens is 572 g/mol. The summed E-state index contributed by atoms with van der Waals surface area (Å²) < 4.78 is 7.88. The molecular formula is C24H29N10O5S2+. The van der Waals surface area contributed by atoms with Gasteiger partial charge in [-0.1, -0.05) is 5.16 Å². The molecule has 41 heavy (non-hydrogen) atoms. The average molecular weight is 602 g/mol. The minimum atomic E-state index is -1.22. The standard InChI is InChI=1S/C24H28N10O5S2/c1-3-39-30-15(18-29-24(26)41-31-18)20(35)28-16-21(36)34-17(23(37)38)13(10-40-22(16)34)9-32-7-4-5-14-19(32)27-11-33(14)8-6-12(2)25/h4-5,7,11-12,16,22H,3,6,8-10,25H2,1-2H3,(H3-,26,28,29,31,35,37,38)/p+1/b30-15-/t12-,16?,22?/m1/s1. The van der Waals surface area contributed by atoms with Gasteiger partial charge >= 0.3 is 11.6 Å². The molecule has 0 aromatic carbocycles. The fraction of sp³-hybridized carbons (Fsp3) is 0.417. The molecule has 17 heteroatoms. The number of carbonyl (C=O) groups is 3. The van der Waals surface area contributed by atoms with E-state index >= 15 is 0 Å². The van der Waals surface area contributed by atoms with Crippen molar-refractivity contribution in [1.29, 1.82) is 0 Å². The number of aryl methyl sites for hydroxylation is 1. The zero-order valence-corrected chi connectivity index (χ0v) is 23.9. The number of hydrogen-bond donors (Lipinski definition) is 4. The molecule has 0 spiro atoms. The average Bonchev–Trinajstić information content (AvgIpc) is 3.57. The van der Waals surface area contributed by atoms with Crippen molar-refractivity contribution in [3.8, 4) is 0 Å². The first-order valence-electron chi connectivity index (χ1n) is 12.8. The number of thioether (sulfide) groups is 1. The summed E-state index contributed by atoms with van der Waals surface area (Å²) in [5.41, 5.74) is 13.4. The first kappa shape index (κ1) is 28.4. The number of anilines is 1. The van der Waals surface area contributed by atoms with Crippen LogP contribution in [-0.4, -0.2) is 82.2 Å². The van der Waals surface area contributed by atoms with E-state index in [1.807, 2.05) is 34.4 Å². The number of β-lactam (4-membered cyclic amide) rings is 1. The Morgan fingerprint density at radius 3 is 2.90 bits per heavy atom. The highest BCUT2D eigenvalue weighted by atomic mass is 32.2. The minimum Gasteiger partial charge on any atom is -0.477 e. The molecule has 15 nitrogen and oxygen atoms in total. The number of pyridine rings is 1. The Balaban J connectivity index is 1.36. The van der Waals surface area contributed by atoms with Crippen molar-refractivity contribution in [2.24, 2.45) is 10.9 Å². The lowest BCUT2D eigenvalue weighted by Crippen LogP contribution is -2.71. The maximum atomic E-state index is 13.2. The molecule has 1 fully saturated rings. The molecule has 0 radical (unpaired) electrons. The van der Waals surface area contributed by atoms with Crippen LogP contribution >= 0.6 is 23.3 Å². The van der Waals surface area contributed by atoms with Crippen molar-refractivity contribution in [3.05, 3.63) is 41.8 Å². The van der Waals surface area contributed by atoms with Gasteiger partial charge in [0.05, 0.1) is 6.20 Å². The van der Waals surface area contributed by atoms with Gasteiger partial charge in [0.2, 0.25) is 17.9 Å². The van der Waals surface area contributed by atoms with Gasteiger partial charge in [0, 0.05) is 35.4 Å². The SMILES string of the molecule is CCO/N=C(\C(=O)NC1C(=O)N2C(C(=O)O)=C(C[n+]3cccc4c3ncn4CC[C@@H](C)N)CSC12)c1nsc(N)n1. The highest BCUT2D eigenvalue weighted by Crippen LogP contribution is 2.40. The third-order valence-electron chi connectivity index (χ3n) is 6.53. The van der Waals surface area contributed by atoms with Gasteiger partial charge in [-0.2, -0.15) is 9.36 Å². The predicted octanol–water partition coefficient (Wildman–Crippen LogP) is -0.326. The Kier molecular flexibility index (Phi) is 8.18. The van der Waals surface area contributed by atoms with E-state index in [1.165, 1.54) is 16.7 Å². The molecule has 216 valence electrons. The van der Waals surface area contributed by atoms with Crippen LogP contribution in [0.2, 0.25) is 0 Å². The van der Waals surface area contributed by atoms with Crippen LogP contribution in [-0.2, 0) is 32.3 Å². The first-order chi connectivity index (χ1) is 19.7. The summed E-state index contributed by atoms with van der Waals surface area (Å²) >= 11 is 2.25. The lowest BCUT2D eigenvalue weighted by atomic mass is 10.0. The quantitative estimate of drug-likeness (QED) is 0.0968. The van der Waals surface area contributed by atoms with E-state index in [-0.39, 0.29) is 41.6 Å². The number of carboxylic acids is 1. The van der Waals surface area contributed by atoms with Crippen molar-refractivity contribution >= 4 is 63.1 Å². The Bertz CT molecular complexity index is 1560. The van der Waals surface area contributed by atoms with Crippen molar-refractivity contribution in [1.82, 2.24) is 29.1 Å². The highest BCUT2D eigenvalue weighted by Gasteiger charge is 2.54. The third kappa shape index (κ3) is 5.59. The van der Waals surface area contributed by atoms with Crippen LogP contribution in [0.3, 0.4) is 0 Å². The van der Waals surface area contributed by atoms with Crippen LogP contribution in [0.25, 0.3) is 11.2 Å². The largest absolute Gasteiger partial charge is 0.477 e. The fourth-order valence-electron chi connectivity index (χ4n) is 4.59. The summed E-state index contributed by atoms with van der Waals surface area (Å²) in [6.45, 7) is 4.77. The molecule has 5 heterocycles. The second kappa shape index (κ2) is 11.8. The molecule has 2 amide bonds. The van der Waals surface area contributed by atoms with Crippen molar-refractivity contribution in [2.45, 2.75) is 50.8 Å². The summed E-state index contributed by atoms with van der Waals surface area (Å²) in [6, 6.07) is 2.90. The molecule has 0 aliphatic carbocycles. The number of nitrogen functional groups attached to an aromatic ring is 1. The summed E-state index contributed by atoms with van der Waals surface area (Å²) in [6.07, 6.45) is 4.36. The van der Waals surface area contributed by atoms with Crippen molar-refractivity contribution in [3.63, 3.8) is 0 Å². The number of fused-ring (bicyclic) bond motifs is 2. The second-order valence-corrected chi connectivity index (χ2v) is 11.4. The highest BCUT2D eigenvalue weighted by molar-refractivity contribution is 8.00. The predicted molar refractivity (Wildman–Crippen MR) is 150 cm³/mol. The van der Waals surface area contributed by atoms with Crippen LogP contribution in [0.15, 0.2) is 41.1 Å². The number of aliphatic carboxylic acids is 1. The number of nitrogens with zero attached hydrogens (tertiary/aromatic N) is 7. The topological polar surface area (TPSA) is 208 Å². The number of carboxylic acid groups (broad SMARTS) is 1. The first-order valence-corrected chi connectivity index (χ1v) is 14.6. The molecule has 1 saturated heterocycles. The molecule has 0 bridgehead atoms.